The van der Waals surface area contributed by atoms with Crippen LogP contribution in [0.4, 0.5) is 13.2 Å². The van der Waals surface area contributed by atoms with Gasteiger partial charge in [-0.25, -0.2) is 4.98 Å². The lowest BCUT2D eigenvalue weighted by atomic mass is 10.0. The SMILES string of the molecule is CN(C)C(=O)C(O)c1cncc(-c2cnc3[nH]cc(-c4ccc(OC(F)(F)F)cc4)c3c2)c1. The summed E-state index contributed by atoms with van der Waals surface area (Å²) in [7, 11) is 3.10. The molecule has 170 valence electrons. The Kier molecular flexibility index (Phi) is 5.77. The quantitative estimate of drug-likeness (QED) is 0.467. The van der Waals surface area contributed by atoms with Gasteiger partial charge in [0.05, 0.1) is 0 Å². The Bertz CT molecular complexity index is 1300. The maximum atomic E-state index is 12.4. The van der Waals surface area contributed by atoms with Crippen LogP contribution in [0.15, 0.2) is 61.2 Å². The minimum atomic E-state index is -4.76. The van der Waals surface area contributed by atoms with Gasteiger partial charge in [0, 0.05) is 66.5 Å². The van der Waals surface area contributed by atoms with Gasteiger partial charge in [0.2, 0.25) is 0 Å². The Morgan fingerprint density at radius 2 is 1.76 bits per heavy atom. The predicted octanol–water partition coefficient (Wildman–Crippen LogP) is 4.31. The van der Waals surface area contributed by atoms with Crippen LogP contribution in [-0.2, 0) is 4.79 Å². The number of halogens is 3. The number of likely N-dealkylation sites (N-methyl/N-ethyl adjacent to an activating group) is 1. The topological polar surface area (TPSA) is 91.3 Å². The minimum absolute atomic E-state index is 0.307. The van der Waals surface area contributed by atoms with Gasteiger partial charge in [0.15, 0.2) is 6.10 Å². The van der Waals surface area contributed by atoms with E-state index in [0.29, 0.717) is 27.9 Å². The molecule has 2 N–H and O–H groups in total. The second-order valence-electron chi connectivity index (χ2n) is 7.54. The number of aromatic amines is 1. The number of hydrogen-bond acceptors (Lipinski definition) is 5. The molecule has 33 heavy (non-hydrogen) atoms. The smallest absolute Gasteiger partial charge is 0.406 e. The molecule has 4 aromatic rings. The van der Waals surface area contributed by atoms with Crippen molar-refractivity contribution in [1.82, 2.24) is 19.9 Å². The first-order valence-corrected chi connectivity index (χ1v) is 9.80. The van der Waals surface area contributed by atoms with Gasteiger partial charge in [-0.1, -0.05) is 12.1 Å². The van der Waals surface area contributed by atoms with E-state index in [-0.39, 0.29) is 5.75 Å². The Labute approximate surface area is 186 Å². The van der Waals surface area contributed by atoms with Gasteiger partial charge < -0.3 is 19.7 Å². The third kappa shape index (κ3) is 4.80. The van der Waals surface area contributed by atoms with E-state index in [1.165, 1.54) is 35.4 Å². The van der Waals surface area contributed by atoms with Crippen LogP contribution in [0.3, 0.4) is 0 Å². The van der Waals surface area contributed by atoms with E-state index in [2.05, 4.69) is 19.7 Å². The highest BCUT2D eigenvalue weighted by Gasteiger charge is 2.31. The molecular formula is C23H19F3N4O3. The number of carbonyl (C=O) groups excluding carboxylic acids is 1. The third-order valence-corrected chi connectivity index (χ3v) is 5.01. The highest BCUT2D eigenvalue weighted by atomic mass is 19.4. The maximum Gasteiger partial charge on any atom is 0.573 e. The van der Waals surface area contributed by atoms with Crippen molar-refractivity contribution < 1.29 is 27.8 Å². The van der Waals surface area contributed by atoms with Crippen molar-refractivity contribution in [3.63, 3.8) is 0 Å². The van der Waals surface area contributed by atoms with Crippen LogP contribution in [0.2, 0.25) is 0 Å². The molecule has 1 amide bonds. The number of carbonyl (C=O) groups is 1. The first-order chi connectivity index (χ1) is 15.6. The molecule has 10 heteroatoms. The lowest BCUT2D eigenvalue weighted by Gasteiger charge is -2.16. The van der Waals surface area contributed by atoms with Gasteiger partial charge in [-0.2, -0.15) is 0 Å². The Morgan fingerprint density at radius 1 is 1.06 bits per heavy atom. The molecule has 7 nitrogen and oxygen atoms in total. The first-order valence-electron chi connectivity index (χ1n) is 9.80. The number of amides is 1. The summed E-state index contributed by atoms with van der Waals surface area (Å²) in [5.74, 6) is -0.771. The normalized spacial score (nSPS) is 12.5. The van der Waals surface area contributed by atoms with Crippen molar-refractivity contribution in [1.29, 1.82) is 0 Å². The highest BCUT2D eigenvalue weighted by molar-refractivity contribution is 5.95. The van der Waals surface area contributed by atoms with Crippen molar-refractivity contribution >= 4 is 16.9 Å². The zero-order chi connectivity index (χ0) is 23.8. The fraction of sp³-hybridized carbons (Fsp3) is 0.174. The number of H-pyrrole nitrogens is 1. The average Bonchev–Trinajstić information content (AvgIpc) is 3.21. The Morgan fingerprint density at radius 3 is 2.42 bits per heavy atom. The van der Waals surface area contributed by atoms with Crippen LogP contribution in [0.1, 0.15) is 11.7 Å². The molecule has 1 unspecified atom stereocenters. The lowest BCUT2D eigenvalue weighted by molar-refractivity contribution is -0.274. The van der Waals surface area contributed by atoms with E-state index in [1.807, 2.05) is 6.07 Å². The third-order valence-electron chi connectivity index (χ3n) is 5.01. The number of alkyl halides is 3. The first kappa shape index (κ1) is 22.3. The molecule has 0 radical (unpaired) electrons. The molecule has 0 saturated heterocycles. The van der Waals surface area contributed by atoms with Crippen LogP contribution in [0.5, 0.6) is 5.75 Å². The van der Waals surface area contributed by atoms with Crippen LogP contribution in [0, 0.1) is 0 Å². The largest absolute Gasteiger partial charge is 0.573 e. The van der Waals surface area contributed by atoms with E-state index in [1.54, 1.807) is 38.8 Å². The van der Waals surface area contributed by atoms with Crippen molar-refractivity contribution in [3.8, 4) is 28.0 Å². The summed E-state index contributed by atoms with van der Waals surface area (Å²) in [5.41, 5.74) is 3.70. The Balaban J connectivity index is 1.68. The number of nitrogens with one attached hydrogen (secondary N) is 1. The number of ether oxygens (including phenoxy) is 1. The molecule has 0 fully saturated rings. The van der Waals surface area contributed by atoms with Gasteiger partial charge in [0.1, 0.15) is 11.4 Å². The van der Waals surface area contributed by atoms with Gasteiger partial charge in [0.25, 0.3) is 5.91 Å². The lowest BCUT2D eigenvalue weighted by Crippen LogP contribution is -2.28. The van der Waals surface area contributed by atoms with E-state index in [4.69, 9.17) is 0 Å². The van der Waals surface area contributed by atoms with Gasteiger partial charge in [-0.3, -0.25) is 9.78 Å². The number of benzene rings is 1. The maximum absolute atomic E-state index is 12.4. The number of aromatic nitrogens is 3. The second-order valence-corrected chi connectivity index (χ2v) is 7.54. The van der Waals surface area contributed by atoms with Crippen LogP contribution < -0.4 is 4.74 Å². The van der Waals surface area contributed by atoms with E-state index >= 15 is 0 Å². The number of nitrogens with zero attached hydrogens (tertiary/aromatic N) is 3. The number of hydrogen-bond donors (Lipinski definition) is 2. The van der Waals surface area contributed by atoms with Crippen LogP contribution in [-0.4, -0.2) is 51.3 Å². The number of fused-ring (bicyclic) bond motifs is 1. The minimum Gasteiger partial charge on any atom is -0.406 e. The average molecular weight is 456 g/mol. The van der Waals surface area contributed by atoms with Crippen molar-refractivity contribution in [2.75, 3.05) is 14.1 Å². The molecule has 3 heterocycles. The zero-order valence-corrected chi connectivity index (χ0v) is 17.6. The number of pyridine rings is 2. The fourth-order valence-corrected chi connectivity index (χ4v) is 3.39. The monoisotopic (exact) mass is 456 g/mol. The summed E-state index contributed by atoms with van der Waals surface area (Å²) in [5, 5.41) is 11.1. The molecule has 1 atom stereocenters. The molecule has 0 bridgehead atoms. The summed E-state index contributed by atoms with van der Waals surface area (Å²) in [6, 6.07) is 9.07. The summed E-state index contributed by atoms with van der Waals surface area (Å²) < 4.78 is 41.2. The van der Waals surface area contributed by atoms with E-state index in [0.717, 1.165) is 10.9 Å². The predicted molar refractivity (Wildman–Crippen MR) is 115 cm³/mol. The number of rotatable bonds is 5. The van der Waals surface area contributed by atoms with Gasteiger partial charge in [-0.05, 0) is 29.8 Å². The summed E-state index contributed by atoms with van der Waals surface area (Å²) in [6.45, 7) is 0. The molecule has 0 aliphatic heterocycles. The molecule has 4 rings (SSSR count). The van der Waals surface area contributed by atoms with Crippen molar-refractivity contribution in [2.45, 2.75) is 12.5 Å². The van der Waals surface area contributed by atoms with Gasteiger partial charge in [-0.15, -0.1) is 13.2 Å². The molecule has 3 aromatic heterocycles. The van der Waals surface area contributed by atoms with Crippen molar-refractivity contribution in [3.05, 3.63) is 66.7 Å². The molecular weight excluding hydrogens is 437 g/mol. The number of aliphatic hydroxyl groups excluding tert-OH is 1. The van der Waals surface area contributed by atoms with Crippen LogP contribution in [0.25, 0.3) is 33.3 Å². The molecule has 0 saturated carbocycles. The van der Waals surface area contributed by atoms with Crippen LogP contribution >= 0.6 is 0 Å². The van der Waals surface area contributed by atoms with E-state index < -0.39 is 18.4 Å². The van der Waals surface area contributed by atoms with E-state index in [9.17, 15) is 23.1 Å². The standard InChI is InChI=1S/C23H19F3N4O3/c1-30(2)22(32)20(31)16-7-14(9-27-10-16)15-8-18-19(12-29-21(18)28-11-15)13-3-5-17(6-4-13)33-23(24,25)26/h3-12,20,31H,1-2H3,(H,28,29). The summed E-state index contributed by atoms with van der Waals surface area (Å²) >= 11 is 0. The molecule has 0 spiro atoms. The molecule has 0 aliphatic rings. The number of aliphatic hydroxyl groups is 1. The molecule has 1 aromatic carbocycles. The molecule has 0 aliphatic carbocycles. The second kappa shape index (κ2) is 8.55. The van der Waals surface area contributed by atoms with Crippen molar-refractivity contribution in [2.24, 2.45) is 0 Å². The zero-order valence-electron chi connectivity index (χ0n) is 17.6. The Hall–Kier alpha value is -3.92. The summed E-state index contributed by atoms with van der Waals surface area (Å²) in [4.78, 5) is 25.0. The summed E-state index contributed by atoms with van der Waals surface area (Å²) in [6.07, 6.45) is 0.264. The highest BCUT2D eigenvalue weighted by Crippen LogP contribution is 2.33. The fourth-order valence-electron chi connectivity index (χ4n) is 3.39. The van der Waals surface area contributed by atoms with Gasteiger partial charge >= 0.3 is 6.36 Å².